The molecular weight excluding hydrogens is 245 g/mol. The van der Waals surface area contributed by atoms with Gasteiger partial charge in [0.25, 0.3) is 0 Å². The van der Waals surface area contributed by atoms with Gasteiger partial charge in [-0.15, -0.1) is 12.4 Å². The van der Waals surface area contributed by atoms with Gasteiger partial charge in [-0.05, 0) is 17.8 Å². The molecule has 0 aromatic carbocycles. The molecule has 3 N–H and O–H groups in total. The zero-order valence-corrected chi connectivity index (χ0v) is 9.91. The van der Waals surface area contributed by atoms with Crippen LogP contribution >= 0.6 is 12.4 Å². The smallest absolute Gasteiger partial charge is 0.354 e. The molecule has 0 aromatic heterocycles. The first kappa shape index (κ1) is 15.5. The molecule has 0 aromatic rings. The topological polar surface area (TPSA) is 55.1 Å². The van der Waals surface area contributed by atoms with Crippen LogP contribution in [0, 0.1) is 11.3 Å². The van der Waals surface area contributed by atoms with Crippen molar-refractivity contribution in [2.75, 3.05) is 6.54 Å². The first-order valence-corrected chi connectivity index (χ1v) is 4.74. The van der Waals surface area contributed by atoms with Crippen LogP contribution in [-0.4, -0.2) is 24.7 Å². The predicted octanol–water partition coefficient (Wildman–Crippen LogP) is 1.46. The highest BCUT2D eigenvalue weighted by Gasteiger charge is 2.47. The van der Waals surface area contributed by atoms with E-state index >= 15 is 0 Å². The van der Waals surface area contributed by atoms with Crippen molar-refractivity contribution in [2.45, 2.75) is 32.5 Å². The fourth-order valence-electron chi connectivity index (χ4n) is 1.41. The van der Waals surface area contributed by atoms with E-state index in [1.165, 1.54) is 0 Å². The van der Waals surface area contributed by atoms with Crippen LogP contribution in [0.4, 0.5) is 13.2 Å². The molecule has 0 saturated heterocycles. The third-order valence-corrected chi connectivity index (χ3v) is 2.88. The lowest BCUT2D eigenvalue weighted by Gasteiger charge is -2.15. The second kappa shape index (κ2) is 4.79. The molecule has 1 fully saturated rings. The number of hydrogen-bond acceptors (Lipinski definition) is 2. The van der Waals surface area contributed by atoms with Crippen molar-refractivity contribution in [1.82, 2.24) is 5.32 Å². The normalized spacial score (nSPS) is 24.2. The number of alkyl halides is 3. The van der Waals surface area contributed by atoms with Crippen LogP contribution in [0.1, 0.15) is 20.3 Å². The summed E-state index contributed by atoms with van der Waals surface area (Å²) in [6.07, 6.45) is -3.74. The quantitative estimate of drug-likeness (QED) is 0.807. The highest BCUT2D eigenvalue weighted by atomic mass is 35.5. The Morgan fingerprint density at radius 1 is 1.56 bits per heavy atom. The summed E-state index contributed by atoms with van der Waals surface area (Å²) in [5.41, 5.74) is 4.87. The maximum Gasteiger partial charge on any atom is 0.412 e. The molecule has 1 saturated carbocycles. The van der Waals surface area contributed by atoms with Gasteiger partial charge >= 0.3 is 6.18 Å². The Hall–Kier alpha value is -0.490. The van der Waals surface area contributed by atoms with Crippen LogP contribution in [0.3, 0.4) is 0 Å². The molecule has 2 unspecified atom stereocenters. The van der Waals surface area contributed by atoms with Crippen LogP contribution in [0.25, 0.3) is 0 Å². The van der Waals surface area contributed by atoms with Crippen LogP contribution < -0.4 is 11.1 Å². The van der Waals surface area contributed by atoms with E-state index in [1.807, 2.05) is 13.8 Å². The fourth-order valence-corrected chi connectivity index (χ4v) is 1.41. The summed E-state index contributed by atoms with van der Waals surface area (Å²) in [6, 6.07) is -2.42. The summed E-state index contributed by atoms with van der Waals surface area (Å²) in [4.78, 5) is 11.0. The number of hydrogen-bond donors (Lipinski definition) is 2. The third kappa shape index (κ3) is 3.83. The number of carbonyl (C=O) groups is 1. The van der Waals surface area contributed by atoms with E-state index in [9.17, 15) is 18.0 Å². The minimum atomic E-state index is -4.66. The van der Waals surface area contributed by atoms with E-state index in [0.29, 0.717) is 0 Å². The Kier molecular flexibility index (Phi) is 4.64. The number of amides is 1. The Labute approximate surface area is 98.4 Å². The lowest BCUT2D eigenvalue weighted by molar-refractivity contribution is -0.162. The molecular formula is C9H16ClF3N2O. The van der Waals surface area contributed by atoms with Crippen molar-refractivity contribution in [1.29, 1.82) is 0 Å². The number of carbonyl (C=O) groups excluding carboxylic acids is 1. The van der Waals surface area contributed by atoms with Crippen molar-refractivity contribution >= 4 is 18.3 Å². The van der Waals surface area contributed by atoms with E-state index in [4.69, 9.17) is 5.73 Å². The molecule has 1 aliphatic carbocycles. The van der Waals surface area contributed by atoms with Crippen molar-refractivity contribution in [3.05, 3.63) is 0 Å². The summed E-state index contributed by atoms with van der Waals surface area (Å²) in [6.45, 7) is 4.29. The average Bonchev–Trinajstić information content (AvgIpc) is 2.67. The minimum absolute atomic E-state index is 0. The van der Waals surface area contributed by atoms with E-state index in [0.717, 1.165) is 6.42 Å². The zero-order valence-electron chi connectivity index (χ0n) is 9.10. The van der Waals surface area contributed by atoms with Gasteiger partial charge in [0.05, 0.1) is 0 Å². The van der Waals surface area contributed by atoms with Crippen LogP contribution in [0.2, 0.25) is 0 Å². The number of halogens is 4. The average molecular weight is 261 g/mol. The maximum atomic E-state index is 12.0. The third-order valence-electron chi connectivity index (χ3n) is 2.88. The summed E-state index contributed by atoms with van der Waals surface area (Å²) in [5, 5.41) is 2.22. The highest BCUT2D eigenvalue weighted by Crippen LogP contribution is 2.50. The van der Waals surface area contributed by atoms with Gasteiger partial charge in [0.2, 0.25) is 5.91 Å². The Balaban J connectivity index is 0.00000225. The molecule has 1 rings (SSSR count). The molecule has 0 heterocycles. The molecule has 7 heteroatoms. The lowest BCUT2D eigenvalue weighted by atomic mass is 10.1. The van der Waals surface area contributed by atoms with E-state index < -0.39 is 18.1 Å². The van der Waals surface area contributed by atoms with Crippen LogP contribution in [0.15, 0.2) is 0 Å². The van der Waals surface area contributed by atoms with Crippen LogP contribution in [0.5, 0.6) is 0 Å². The molecule has 3 nitrogen and oxygen atoms in total. The molecule has 2 atom stereocenters. The Morgan fingerprint density at radius 3 is 2.31 bits per heavy atom. The molecule has 96 valence electrons. The molecule has 0 radical (unpaired) electrons. The van der Waals surface area contributed by atoms with Crippen molar-refractivity contribution in [3.8, 4) is 0 Å². The summed E-state index contributed by atoms with van der Waals surface area (Å²) in [7, 11) is 0. The predicted molar refractivity (Wildman–Crippen MR) is 56.2 cm³/mol. The van der Waals surface area contributed by atoms with Gasteiger partial charge in [-0.25, -0.2) is 0 Å². The van der Waals surface area contributed by atoms with Crippen LogP contribution in [-0.2, 0) is 4.79 Å². The van der Waals surface area contributed by atoms with Gasteiger partial charge < -0.3 is 11.1 Å². The molecule has 0 bridgehead atoms. The Bertz CT molecular complexity index is 268. The van der Waals surface area contributed by atoms with Crippen molar-refractivity contribution < 1.29 is 18.0 Å². The van der Waals surface area contributed by atoms with Gasteiger partial charge in [-0.3, -0.25) is 4.79 Å². The number of nitrogens with one attached hydrogen (secondary N) is 1. The highest BCUT2D eigenvalue weighted by molar-refractivity contribution is 5.85. The summed E-state index contributed by atoms with van der Waals surface area (Å²) >= 11 is 0. The van der Waals surface area contributed by atoms with E-state index in [-0.39, 0.29) is 30.3 Å². The molecule has 0 aliphatic heterocycles. The lowest BCUT2D eigenvalue weighted by Crippen LogP contribution is -2.50. The molecule has 16 heavy (non-hydrogen) atoms. The fraction of sp³-hybridized carbons (Fsp3) is 0.889. The SMILES string of the molecule is CC1(C)CC1CNC(=O)C(N)C(F)(F)F.Cl. The Morgan fingerprint density at radius 2 is 2.00 bits per heavy atom. The van der Waals surface area contributed by atoms with E-state index in [1.54, 1.807) is 0 Å². The first-order chi connectivity index (χ1) is 6.64. The van der Waals surface area contributed by atoms with Gasteiger partial charge in [0.15, 0.2) is 6.04 Å². The first-order valence-electron chi connectivity index (χ1n) is 4.74. The molecule has 1 aliphatic rings. The largest absolute Gasteiger partial charge is 0.412 e. The number of rotatable bonds is 3. The zero-order chi connectivity index (χ0) is 11.9. The molecule has 1 amide bonds. The van der Waals surface area contributed by atoms with E-state index in [2.05, 4.69) is 5.32 Å². The molecule has 0 spiro atoms. The van der Waals surface area contributed by atoms with Gasteiger partial charge in [-0.1, -0.05) is 13.8 Å². The maximum absolute atomic E-state index is 12.0. The van der Waals surface area contributed by atoms with Gasteiger partial charge in [-0.2, -0.15) is 13.2 Å². The monoisotopic (exact) mass is 260 g/mol. The summed E-state index contributed by atoms with van der Waals surface area (Å²) < 4.78 is 36.0. The second-order valence-corrected chi connectivity index (χ2v) is 4.65. The standard InChI is InChI=1S/C9H15F3N2O.ClH/c1-8(2)3-5(8)4-14-7(15)6(13)9(10,11)12;/h5-6H,3-4,13H2,1-2H3,(H,14,15);1H. The second-order valence-electron chi connectivity index (χ2n) is 4.65. The van der Waals surface area contributed by atoms with Crippen molar-refractivity contribution in [2.24, 2.45) is 17.1 Å². The van der Waals surface area contributed by atoms with Crippen molar-refractivity contribution in [3.63, 3.8) is 0 Å². The number of nitrogens with two attached hydrogens (primary N) is 1. The van der Waals surface area contributed by atoms with Gasteiger partial charge in [0.1, 0.15) is 0 Å². The summed E-state index contributed by atoms with van der Waals surface area (Å²) in [5.74, 6) is -0.882. The minimum Gasteiger partial charge on any atom is -0.354 e. The van der Waals surface area contributed by atoms with Gasteiger partial charge in [0, 0.05) is 6.54 Å².